The fourth-order valence-corrected chi connectivity index (χ4v) is 3.63. The van der Waals surface area contributed by atoms with Gasteiger partial charge in [-0.05, 0) is 37.3 Å². The SMILES string of the molecule is CC1(C(C)(CN)N2CCN(c3ccccc3F)CC2)CC1. The predicted octanol–water partition coefficient (Wildman–Crippen LogP) is 2.47. The molecule has 3 rings (SSSR count). The van der Waals surface area contributed by atoms with Crippen LogP contribution in [0, 0.1) is 11.2 Å². The number of anilines is 1. The lowest BCUT2D eigenvalue weighted by molar-refractivity contribution is 0.0424. The summed E-state index contributed by atoms with van der Waals surface area (Å²) in [5.41, 5.74) is 7.29. The number of nitrogens with two attached hydrogens (primary N) is 1. The van der Waals surface area contributed by atoms with Gasteiger partial charge in [-0.1, -0.05) is 19.1 Å². The molecule has 0 bridgehead atoms. The molecule has 1 saturated heterocycles. The van der Waals surface area contributed by atoms with E-state index in [2.05, 4.69) is 23.6 Å². The maximum Gasteiger partial charge on any atom is 0.146 e. The monoisotopic (exact) mass is 291 g/mol. The Morgan fingerprint density at radius 3 is 2.33 bits per heavy atom. The molecule has 1 aromatic rings. The maximum absolute atomic E-state index is 13.9. The Kier molecular flexibility index (Phi) is 3.70. The number of rotatable bonds is 4. The van der Waals surface area contributed by atoms with Crippen molar-refractivity contribution < 1.29 is 4.39 Å². The minimum Gasteiger partial charge on any atom is -0.367 e. The number of hydrogen-bond donors (Lipinski definition) is 1. The summed E-state index contributed by atoms with van der Waals surface area (Å²) in [6, 6.07) is 7.06. The Morgan fingerprint density at radius 2 is 1.81 bits per heavy atom. The second-order valence-corrected chi connectivity index (χ2v) is 6.96. The van der Waals surface area contributed by atoms with Crippen LogP contribution in [-0.2, 0) is 0 Å². The van der Waals surface area contributed by atoms with Gasteiger partial charge in [-0.15, -0.1) is 0 Å². The van der Waals surface area contributed by atoms with E-state index in [9.17, 15) is 4.39 Å². The van der Waals surface area contributed by atoms with Crippen LogP contribution in [0.4, 0.5) is 10.1 Å². The molecule has 1 aliphatic carbocycles. The number of halogens is 1. The van der Waals surface area contributed by atoms with Gasteiger partial charge in [0.25, 0.3) is 0 Å². The molecule has 1 aliphatic heterocycles. The fourth-order valence-electron chi connectivity index (χ4n) is 3.63. The smallest absolute Gasteiger partial charge is 0.146 e. The summed E-state index contributed by atoms with van der Waals surface area (Å²) in [5.74, 6) is -0.123. The molecule has 116 valence electrons. The first-order chi connectivity index (χ1) is 10.00. The maximum atomic E-state index is 13.9. The molecule has 2 aliphatic rings. The predicted molar refractivity (Wildman–Crippen MR) is 85.0 cm³/mol. The topological polar surface area (TPSA) is 32.5 Å². The van der Waals surface area contributed by atoms with Crippen LogP contribution in [0.25, 0.3) is 0 Å². The fraction of sp³-hybridized carbons (Fsp3) is 0.647. The van der Waals surface area contributed by atoms with E-state index < -0.39 is 0 Å². The standard InChI is InChI=1S/C17H26FN3/c1-16(7-8-16)17(2,13-19)21-11-9-20(10-12-21)15-6-4-3-5-14(15)18/h3-6H,7-13,19H2,1-2H3. The first kappa shape index (κ1) is 14.8. The zero-order chi connectivity index (χ0) is 15.1. The van der Waals surface area contributed by atoms with Crippen LogP contribution >= 0.6 is 0 Å². The molecule has 4 heteroatoms. The first-order valence-corrected chi connectivity index (χ1v) is 7.95. The highest BCUT2D eigenvalue weighted by Gasteiger charge is 2.55. The summed E-state index contributed by atoms with van der Waals surface area (Å²) >= 11 is 0. The second-order valence-electron chi connectivity index (χ2n) is 6.96. The van der Waals surface area contributed by atoms with E-state index in [-0.39, 0.29) is 11.4 Å². The van der Waals surface area contributed by atoms with E-state index in [1.54, 1.807) is 6.07 Å². The van der Waals surface area contributed by atoms with Gasteiger partial charge in [-0.3, -0.25) is 4.90 Å². The van der Waals surface area contributed by atoms with Crippen LogP contribution < -0.4 is 10.6 Å². The molecule has 0 spiro atoms. The highest BCUT2D eigenvalue weighted by atomic mass is 19.1. The Bertz CT molecular complexity index is 507. The van der Waals surface area contributed by atoms with Gasteiger partial charge in [0, 0.05) is 38.3 Å². The average molecular weight is 291 g/mol. The third kappa shape index (κ3) is 2.44. The molecular formula is C17H26FN3. The second kappa shape index (κ2) is 5.25. The van der Waals surface area contributed by atoms with Crippen molar-refractivity contribution in [2.75, 3.05) is 37.6 Å². The minimum absolute atomic E-state index is 0.0777. The third-order valence-corrected chi connectivity index (χ3v) is 5.87. The van der Waals surface area contributed by atoms with Crippen molar-refractivity contribution in [1.82, 2.24) is 4.90 Å². The largest absolute Gasteiger partial charge is 0.367 e. The molecule has 1 unspecified atom stereocenters. The Hall–Kier alpha value is -1.13. The number of piperazine rings is 1. The number of para-hydroxylation sites is 1. The zero-order valence-electron chi connectivity index (χ0n) is 13.1. The number of nitrogens with zero attached hydrogens (tertiary/aromatic N) is 2. The number of benzene rings is 1. The quantitative estimate of drug-likeness (QED) is 0.925. The van der Waals surface area contributed by atoms with Gasteiger partial charge in [-0.25, -0.2) is 4.39 Å². The Labute approximate surface area is 126 Å². The summed E-state index contributed by atoms with van der Waals surface area (Å²) < 4.78 is 13.9. The molecule has 21 heavy (non-hydrogen) atoms. The van der Waals surface area contributed by atoms with Crippen LogP contribution in [0.1, 0.15) is 26.7 Å². The summed E-state index contributed by atoms with van der Waals surface area (Å²) in [6.07, 6.45) is 2.54. The molecule has 3 nitrogen and oxygen atoms in total. The van der Waals surface area contributed by atoms with Gasteiger partial charge >= 0.3 is 0 Å². The van der Waals surface area contributed by atoms with Gasteiger partial charge in [0.15, 0.2) is 0 Å². The van der Waals surface area contributed by atoms with Crippen molar-refractivity contribution in [2.24, 2.45) is 11.1 Å². The molecule has 0 aromatic heterocycles. The molecule has 1 aromatic carbocycles. The van der Waals surface area contributed by atoms with Gasteiger partial charge in [0.1, 0.15) is 5.82 Å². The molecule has 2 N–H and O–H groups in total. The molecular weight excluding hydrogens is 265 g/mol. The van der Waals surface area contributed by atoms with Crippen molar-refractivity contribution in [3.8, 4) is 0 Å². The van der Waals surface area contributed by atoms with Crippen molar-refractivity contribution in [3.05, 3.63) is 30.1 Å². The first-order valence-electron chi connectivity index (χ1n) is 7.95. The lowest BCUT2D eigenvalue weighted by Gasteiger charge is -2.49. The number of hydrogen-bond acceptors (Lipinski definition) is 3. The van der Waals surface area contributed by atoms with Crippen LogP contribution in [0.3, 0.4) is 0 Å². The highest BCUT2D eigenvalue weighted by molar-refractivity contribution is 5.48. The third-order valence-electron chi connectivity index (χ3n) is 5.87. The minimum atomic E-state index is -0.123. The Morgan fingerprint density at radius 1 is 1.19 bits per heavy atom. The zero-order valence-corrected chi connectivity index (χ0v) is 13.1. The van der Waals surface area contributed by atoms with Crippen molar-refractivity contribution >= 4 is 5.69 Å². The van der Waals surface area contributed by atoms with Crippen LogP contribution in [0.15, 0.2) is 24.3 Å². The van der Waals surface area contributed by atoms with E-state index in [4.69, 9.17) is 5.73 Å². The lowest BCUT2D eigenvalue weighted by Crippen LogP contribution is -2.62. The molecule has 2 fully saturated rings. The van der Waals surface area contributed by atoms with E-state index in [0.29, 0.717) is 12.0 Å². The van der Waals surface area contributed by atoms with E-state index in [1.807, 2.05) is 12.1 Å². The molecule has 1 saturated carbocycles. The summed E-state index contributed by atoms with van der Waals surface area (Å²) in [7, 11) is 0. The van der Waals surface area contributed by atoms with E-state index in [0.717, 1.165) is 31.9 Å². The van der Waals surface area contributed by atoms with Crippen molar-refractivity contribution in [1.29, 1.82) is 0 Å². The Balaban J connectivity index is 1.69. The van der Waals surface area contributed by atoms with Crippen molar-refractivity contribution in [3.63, 3.8) is 0 Å². The van der Waals surface area contributed by atoms with Crippen LogP contribution in [0.2, 0.25) is 0 Å². The summed E-state index contributed by atoms with van der Waals surface area (Å²) in [5, 5.41) is 0. The molecule has 0 radical (unpaired) electrons. The summed E-state index contributed by atoms with van der Waals surface area (Å²) in [4.78, 5) is 4.68. The van der Waals surface area contributed by atoms with Crippen LogP contribution in [0.5, 0.6) is 0 Å². The van der Waals surface area contributed by atoms with Gasteiger partial charge in [0.05, 0.1) is 5.69 Å². The van der Waals surface area contributed by atoms with Gasteiger partial charge in [-0.2, -0.15) is 0 Å². The van der Waals surface area contributed by atoms with Gasteiger partial charge < -0.3 is 10.6 Å². The molecule has 1 heterocycles. The van der Waals surface area contributed by atoms with Crippen LogP contribution in [-0.4, -0.2) is 43.2 Å². The summed E-state index contributed by atoms with van der Waals surface area (Å²) in [6.45, 7) is 9.00. The normalized spacial score (nSPS) is 24.7. The lowest BCUT2D eigenvalue weighted by atomic mass is 9.81. The molecule has 0 amide bonds. The van der Waals surface area contributed by atoms with Crippen molar-refractivity contribution in [2.45, 2.75) is 32.2 Å². The highest BCUT2D eigenvalue weighted by Crippen LogP contribution is 2.55. The molecule has 1 atom stereocenters. The average Bonchev–Trinajstić information content (AvgIpc) is 3.26. The van der Waals surface area contributed by atoms with Gasteiger partial charge in [0.2, 0.25) is 0 Å². The van der Waals surface area contributed by atoms with E-state index >= 15 is 0 Å². The van der Waals surface area contributed by atoms with E-state index in [1.165, 1.54) is 18.9 Å².